The van der Waals surface area contributed by atoms with Crippen LogP contribution in [0.2, 0.25) is 5.02 Å². The molecule has 6 heteroatoms. The summed E-state index contributed by atoms with van der Waals surface area (Å²) in [7, 11) is 0. The van der Waals surface area contributed by atoms with Crippen molar-refractivity contribution in [2.45, 2.75) is 10.8 Å². The van der Waals surface area contributed by atoms with Crippen LogP contribution in [-0.2, 0) is 5.75 Å². The number of rotatable bonds is 5. The molecule has 0 aliphatic carbocycles. The minimum atomic E-state index is 0.590. The molecule has 0 spiro atoms. The summed E-state index contributed by atoms with van der Waals surface area (Å²) >= 11 is 12.8. The summed E-state index contributed by atoms with van der Waals surface area (Å²) in [6.07, 6.45) is 0. The Morgan fingerprint density at radius 2 is 1.90 bits per heavy atom. The molecule has 142 valence electrons. The minimum Gasteiger partial charge on any atom is -0.239 e. The van der Waals surface area contributed by atoms with E-state index in [4.69, 9.17) is 16.6 Å². The van der Waals surface area contributed by atoms with Gasteiger partial charge in [0, 0.05) is 20.8 Å². The lowest BCUT2D eigenvalue weighted by atomic mass is 10.0. The maximum absolute atomic E-state index is 9.94. The van der Waals surface area contributed by atoms with Crippen LogP contribution in [0.3, 0.4) is 0 Å². The van der Waals surface area contributed by atoms with Crippen molar-refractivity contribution in [3.8, 4) is 27.8 Å². The average Bonchev–Trinajstić information content (AvgIpc) is 3.27. The predicted molar refractivity (Wildman–Crippen MR) is 126 cm³/mol. The molecular formula is C23H14BrClN2S2. The van der Waals surface area contributed by atoms with Crippen LogP contribution in [0.5, 0.6) is 0 Å². The Bertz CT molecular complexity index is 1180. The zero-order valence-electron chi connectivity index (χ0n) is 15.1. The SMILES string of the molecule is N#Cc1c(-c2ccc(Cl)cc2)cc(-c2cccs2)nc1SCc1cccc(Br)c1. The molecule has 0 fully saturated rings. The summed E-state index contributed by atoms with van der Waals surface area (Å²) in [5.74, 6) is 0.731. The third-order valence-electron chi connectivity index (χ3n) is 4.29. The van der Waals surface area contributed by atoms with E-state index in [-0.39, 0.29) is 0 Å². The zero-order chi connectivity index (χ0) is 20.2. The highest BCUT2D eigenvalue weighted by atomic mass is 79.9. The van der Waals surface area contributed by atoms with Crippen molar-refractivity contribution in [2.75, 3.05) is 0 Å². The van der Waals surface area contributed by atoms with Crippen LogP contribution >= 0.6 is 50.6 Å². The number of nitrogens with zero attached hydrogens (tertiary/aromatic N) is 2. The van der Waals surface area contributed by atoms with E-state index in [1.54, 1.807) is 23.1 Å². The van der Waals surface area contributed by atoms with E-state index < -0.39 is 0 Å². The molecule has 2 aromatic carbocycles. The topological polar surface area (TPSA) is 36.7 Å². The fraction of sp³-hybridized carbons (Fsp3) is 0.0435. The number of halogens is 2. The Kier molecular flexibility index (Phi) is 6.37. The van der Waals surface area contributed by atoms with Crippen molar-refractivity contribution in [2.24, 2.45) is 0 Å². The number of nitriles is 1. The molecule has 2 heterocycles. The van der Waals surface area contributed by atoms with E-state index in [1.807, 2.05) is 60.0 Å². The van der Waals surface area contributed by atoms with Crippen molar-refractivity contribution in [1.29, 1.82) is 5.26 Å². The molecule has 2 nitrogen and oxygen atoms in total. The van der Waals surface area contributed by atoms with Crippen molar-refractivity contribution < 1.29 is 0 Å². The highest BCUT2D eigenvalue weighted by Crippen LogP contribution is 2.36. The molecule has 0 saturated heterocycles. The van der Waals surface area contributed by atoms with Gasteiger partial charge in [-0.3, -0.25) is 0 Å². The lowest BCUT2D eigenvalue weighted by molar-refractivity contribution is 1.12. The molecule has 29 heavy (non-hydrogen) atoms. The van der Waals surface area contributed by atoms with Crippen LogP contribution in [0.4, 0.5) is 0 Å². The zero-order valence-corrected chi connectivity index (χ0v) is 19.1. The van der Waals surface area contributed by atoms with Gasteiger partial charge in [-0.15, -0.1) is 23.1 Å². The molecule has 0 N–H and O–H groups in total. The monoisotopic (exact) mass is 496 g/mol. The largest absolute Gasteiger partial charge is 0.239 e. The normalized spacial score (nSPS) is 10.7. The number of pyridine rings is 1. The first-order valence-corrected chi connectivity index (χ1v) is 11.8. The number of aromatic nitrogens is 1. The number of benzene rings is 2. The number of thiophene rings is 1. The fourth-order valence-electron chi connectivity index (χ4n) is 2.92. The lowest BCUT2D eigenvalue weighted by Crippen LogP contribution is -1.95. The minimum absolute atomic E-state index is 0.590. The predicted octanol–water partition coefficient (Wildman–Crippen LogP) is 8.06. The lowest BCUT2D eigenvalue weighted by Gasteiger charge is -2.12. The van der Waals surface area contributed by atoms with Gasteiger partial charge in [-0.2, -0.15) is 5.26 Å². The molecule has 0 atom stereocenters. The first-order chi connectivity index (χ1) is 14.1. The molecule has 0 radical (unpaired) electrons. The van der Waals surface area contributed by atoms with E-state index >= 15 is 0 Å². The van der Waals surface area contributed by atoms with E-state index in [1.165, 1.54) is 5.56 Å². The van der Waals surface area contributed by atoms with Gasteiger partial charge in [0.25, 0.3) is 0 Å². The van der Waals surface area contributed by atoms with Gasteiger partial charge in [0.2, 0.25) is 0 Å². The summed E-state index contributed by atoms with van der Waals surface area (Å²) in [4.78, 5) is 5.92. The van der Waals surface area contributed by atoms with E-state index in [9.17, 15) is 5.26 Å². The van der Waals surface area contributed by atoms with Gasteiger partial charge in [-0.05, 0) is 52.9 Å². The van der Waals surface area contributed by atoms with Gasteiger partial charge in [0.05, 0.1) is 16.1 Å². The molecule has 0 amide bonds. The smallest absolute Gasteiger partial charge is 0.116 e. The first-order valence-electron chi connectivity index (χ1n) is 8.76. The Hall–Kier alpha value is -2.10. The molecule has 4 rings (SSSR count). The summed E-state index contributed by atoms with van der Waals surface area (Å²) in [5.41, 5.74) is 4.47. The fourth-order valence-corrected chi connectivity index (χ4v) is 5.12. The quantitative estimate of drug-likeness (QED) is 0.262. The van der Waals surface area contributed by atoms with Gasteiger partial charge >= 0.3 is 0 Å². The Balaban J connectivity index is 1.80. The van der Waals surface area contributed by atoms with Crippen molar-refractivity contribution in [3.05, 3.63) is 92.7 Å². The second-order valence-corrected chi connectivity index (χ2v) is 9.51. The van der Waals surface area contributed by atoms with Crippen LogP contribution in [-0.4, -0.2) is 4.98 Å². The molecule has 4 aromatic rings. The van der Waals surface area contributed by atoms with Crippen LogP contribution < -0.4 is 0 Å². The first kappa shape index (κ1) is 20.2. The number of hydrogen-bond donors (Lipinski definition) is 0. The Morgan fingerprint density at radius 3 is 2.59 bits per heavy atom. The van der Waals surface area contributed by atoms with Gasteiger partial charge < -0.3 is 0 Å². The maximum atomic E-state index is 9.94. The van der Waals surface area contributed by atoms with E-state index in [0.717, 1.165) is 36.9 Å². The van der Waals surface area contributed by atoms with Crippen molar-refractivity contribution in [1.82, 2.24) is 4.98 Å². The summed E-state index contributed by atoms with van der Waals surface area (Å²) < 4.78 is 1.04. The molecule has 0 saturated carbocycles. The van der Waals surface area contributed by atoms with Crippen LogP contribution in [0, 0.1) is 11.3 Å². The average molecular weight is 498 g/mol. The Morgan fingerprint density at radius 1 is 1.07 bits per heavy atom. The Labute approximate surface area is 191 Å². The highest BCUT2D eigenvalue weighted by molar-refractivity contribution is 9.10. The van der Waals surface area contributed by atoms with Crippen LogP contribution in [0.15, 0.2) is 81.6 Å². The molecule has 0 aliphatic heterocycles. The van der Waals surface area contributed by atoms with Gasteiger partial charge in [0.15, 0.2) is 0 Å². The summed E-state index contributed by atoms with van der Waals surface area (Å²) in [6.45, 7) is 0. The van der Waals surface area contributed by atoms with Crippen LogP contribution in [0.25, 0.3) is 21.7 Å². The number of hydrogen-bond acceptors (Lipinski definition) is 4. The summed E-state index contributed by atoms with van der Waals surface area (Å²) in [6, 6.07) is 24.2. The second kappa shape index (κ2) is 9.15. The van der Waals surface area contributed by atoms with Crippen LogP contribution in [0.1, 0.15) is 11.1 Å². The third-order valence-corrected chi connectivity index (χ3v) is 6.98. The number of thioether (sulfide) groups is 1. The molecule has 0 bridgehead atoms. The highest BCUT2D eigenvalue weighted by Gasteiger charge is 2.16. The standard InChI is InChI=1S/C23H14BrClN2S2/c24-17-4-1-3-15(11-17)14-29-23-20(13-26)19(16-6-8-18(25)9-7-16)12-21(27-23)22-5-2-10-28-22/h1-12H,14H2. The second-order valence-electron chi connectivity index (χ2n) is 6.25. The maximum Gasteiger partial charge on any atom is 0.116 e. The third kappa shape index (κ3) is 4.73. The van der Waals surface area contributed by atoms with E-state index in [0.29, 0.717) is 10.6 Å². The molecule has 0 aliphatic rings. The van der Waals surface area contributed by atoms with Gasteiger partial charge in [0.1, 0.15) is 11.1 Å². The van der Waals surface area contributed by atoms with Crippen molar-refractivity contribution >= 4 is 50.6 Å². The summed E-state index contributed by atoms with van der Waals surface area (Å²) in [5, 5.41) is 13.4. The van der Waals surface area contributed by atoms with Gasteiger partial charge in [-0.25, -0.2) is 4.98 Å². The van der Waals surface area contributed by atoms with Crippen molar-refractivity contribution in [3.63, 3.8) is 0 Å². The van der Waals surface area contributed by atoms with E-state index in [2.05, 4.69) is 34.1 Å². The molecule has 0 unspecified atom stereocenters. The molecule has 2 aromatic heterocycles. The van der Waals surface area contributed by atoms with Gasteiger partial charge in [-0.1, -0.05) is 57.9 Å². The molecular weight excluding hydrogens is 484 g/mol.